The Morgan fingerprint density at radius 1 is 1.02 bits per heavy atom. The average Bonchev–Trinajstić information content (AvgIpc) is 3.61. The second-order valence-electron chi connectivity index (χ2n) is 18.1. The van der Waals surface area contributed by atoms with Gasteiger partial charge in [-0.3, -0.25) is 0 Å². The summed E-state index contributed by atoms with van der Waals surface area (Å²) in [6.45, 7) is 20.5. The third kappa shape index (κ3) is 4.29. The van der Waals surface area contributed by atoms with E-state index in [0.29, 0.717) is 50.7 Å². The number of carbonyl (C=O) groups excluding carboxylic acids is 1. The van der Waals surface area contributed by atoms with E-state index in [-0.39, 0.29) is 57.4 Å². The minimum absolute atomic E-state index is 0.00967. The molecule has 8 nitrogen and oxygen atoms in total. The van der Waals surface area contributed by atoms with E-state index in [0.717, 1.165) is 38.5 Å². The number of rotatable bonds is 5. The zero-order chi connectivity index (χ0) is 32.4. The van der Waals surface area contributed by atoms with Gasteiger partial charge in [-0.15, -0.1) is 0 Å². The number of aliphatic hydroxyl groups is 2. The maximum absolute atomic E-state index is 13.2. The van der Waals surface area contributed by atoms with Crippen molar-refractivity contribution in [3.05, 3.63) is 0 Å². The number of nitrogens with zero attached hydrogens (tertiary/aromatic N) is 1. The Kier molecular flexibility index (Phi) is 7.63. The molecule has 0 radical (unpaired) electrons. The van der Waals surface area contributed by atoms with Crippen LogP contribution in [-0.4, -0.2) is 90.2 Å². The predicted molar refractivity (Wildman–Crippen MR) is 170 cm³/mol. The lowest BCUT2D eigenvalue weighted by Crippen LogP contribution is -2.60. The molecule has 0 aromatic rings. The van der Waals surface area contributed by atoms with Gasteiger partial charge in [0, 0.05) is 30.5 Å². The average molecular weight is 632 g/mol. The molecular formula is C37H61NO7. The number of ether oxygens (including phenoxy) is 4. The molecule has 5 aliphatic carbocycles. The first-order chi connectivity index (χ1) is 21.1. The number of amides is 1. The van der Waals surface area contributed by atoms with Crippen molar-refractivity contribution in [1.29, 1.82) is 0 Å². The van der Waals surface area contributed by atoms with Crippen molar-refractivity contribution < 1.29 is 34.0 Å². The molecule has 0 aromatic heterocycles. The van der Waals surface area contributed by atoms with Gasteiger partial charge in [0.1, 0.15) is 12.2 Å². The molecule has 7 fully saturated rings. The van der Waals surface area contributed by atoms with Crippen LogP contribution in [0.5, 0.6) is 0 Å². The molecule has 7 rings (SSSR count). The molecular weight excluding hydrogens is 570 g/mol. The Bertz CT molecular complexity index is 1160. The van der Waals surface area contributed by atoms with Gasteiger partial charge in [0.05, 0.1) is 37.1 Å². The van der Waals surface area contributed by atoms with E-state index in [2.05, 4.69) is 34.6 Å². The molecule has 13 atom stereocenters. The zero-order valence-corrected chi connectivity index (χ0v) is 29.3. The van der Waals surface area contributed by atoms with Crippen LogP contribution in [0.2, 0.25) is 0 Å². The minimum Gasteiger partial charge on any atom is -0.446 e. The maximum atomic E-state index is 13.2. The molecule has 256 valence electrons. The van der Waals surface area contributed by atoms with Crippen molar-refractivity contribution in [3.63, 3.8) is 0 Å². The van der Waals surface area contributed by atoms with Gasteiger partial charge < -0.3 is 34.1 Å². The molecule has 5 saturated carbocycles. The molecule has 2 N–H and O–H groups in total. The highest BCUT2D eigenvalue weighted by molar-refractivity contribution is 5.68. The summed E-state index contributed by atoms with van der Waals surface area (Å²) in [5.74, 6) is 1.63. The quantitative estimate of drug-likeness (QED) is 0.395. The molecule has 1 amide bonds. The molecule has 7 aliphatic rings. The predicted octanol–water partition coefficient (Wildman–Crippen LogP) is 5.81. The van der Waals surface area contributed by atoms with Gasteiger partial charge in [-0.25, -0.2) is 4.79 Å². The van der Waals surface area contributed by atoms with Gasteiger partial charge in [-0.05, 0) is 112 Å². The number of hydrogen-bond acceptors (Lipinski definition) is 7. The van der Waals surface area contributed by atoms with Crippen LogP contribution in [0.25, 0.3) is 0 Å². The third-order valence-electron chi connectivity index (χ3n) is 15.7. The van der Waals surface area contributed by atoms with Gasteiger partial charge in [0.25, 0.3) is 0 Å². The van der Waals surface area contributed by atoms with Gasteiger partial charge >= 0.3 is 6.09 Å². The lowest BCUT2D eigenvalue weighted by Gasteiger charge is -2.63. The van der Waals surface area contributed by atoms with Crippen LogP contribution in [0, 0.1) is 50.7 Å². The van der Waals surface area contributed by atoms with Crippen LogP contribution < -0.4 is 0 Å². The Balaban J connectivity index is 1.14. The SMILES string of the molecule is CCO[C@@H]([C@H]1C[C@@H](C)[C@H]2[C@H](O1)[C@H](O)[C@@]1(C)[C@@H]3CCC4C(C)(C)[C@@H](OC(=O)N5CCOCC5)CC[C@@]45C[C@@]35CC[C@]21C)C(C)(C)O. The first kappa shape index (κ1) is 32.6. The number of carbonyl (C=O) groups is 1. The highest BCUT2D eigenvalue weighted by atomic mass is 16.6. The molecule has 2 aliphatic heterocycles. The summed E-state index contributed by atoms with van der Waals surface area (Å²) in [4.78, 5) is 15.0. The number of hydrogen-bond donors (Lipinski definition) is 2. The van der Waals surface area contributed by atoms with Gasteiger partial charge in [0.15, 0.2) is 0 Å². The Morgan fingerprint density at radius 2 is 1.69 bits per heavy atom. The molecule has 2 saturated heterocycles. The largest absolute Gasteiger partial charge is 0.446 e. The van der Waals surface area contributed by atoms with Crippen molar-refractivity contribution in [2.24, 2.45) is 50.7 Å². The van der Waals surface area contributed by atoms with E-state index in [1.54, 1.807) is 0 Å². The first-order valence-corrected chi connectivity index (χ1v) is 18.3. The number of morpholine rings is 1. The van der Waals surface area contributed by atoms with E-state index in [1.165, 1.54) is 12.8 Å². The second-order valence-corrected chi connectivity index (χ2v) is 18.1. The van der Waals surface area contributed by atoms with Crippen LogP contribution in [0.4, 0.5) is 4.79 Å². The van der Waals surface area contributed by atoms with Gasteiger partial charge in [-0.1, -0.05) is 34.6 Å². The van der Waals surface area contributed by atoms with E-state index < -0.39 is 17.8 Å². The van der Waals surface area contributed by atoms with Crippen LogP contribution in [0.15, 0.2) is 0 Å². The van der Waals surface area contributed by atoms with Crippen LogP contribution in [0.1, 0.15) is 107 Å². The Labute approximate surface area is 271 Å². The summed E-state index contributed by atoms with van der Waals surface area (Å²) >= 11 is 0. The highest BCUT2D eigenvalue weighted by Crippen LogP contribution is 2.89. The maximum Gasteiger partial charge on any atom is 0.410 e. The third-order valence-corrected chi connectivity index (χ3v) is 15.7. The van der Waals surface area contributed by atoms with Crippen LogP contribution in [-0.2, 0) is 18.9 Å². The fourth-order valence-corrected chi connectivity index (χ4v) is 13.6. The lowest BCUT2D eigenvalue weighted by atomic mass is 9.41. The molecule has 2 heterocycles. The van der Waals surface area contributed by atoms with Crippen molar-refractivity contribution in [1.82, 2.24) is 4.90 Å². The van der Waals surface area contributed by atoms with Gasteiger partial charge in [-0.2, -0.15) is 0 Å². The van der Waals surface area contributed by atoms with Crippen LogP contribution >= 0.6 is 0 Å². The van der Waals surface area contributed by atoms with Crippen LogP contribution in [0.3, 0.4) is 0 Å². The summed E-state index contributed by atoms with van der Waals surface area (Å²) in [7, 11) is 0. The molecule has 8 heteroatoms. The molecule has 0 bridgehead atoms. The second kappa shape index (κ2) is 10.5. The van der Waals surface area contributed by atoms with Crippen molar-refractivity contribution in [3.8, 4) is 0 Å². The summed E-state index contributed by atoms with van der Waals surface area (Å²) in [5.41, 5.74) is -0.840. The van der Waals surface area contributed by atoms with E-state index >= 15 is 0 Å². The van der Waals surface area contributed by atoms with E-state index in [1.807, 2.05) is 25.7 Å². The monoisotopic (exact) mass is 631 g/mol. The molecule has 2 spiro atoms. The van der Waals surface area contributed by atoms with Crippen molar-refractivity contribution >= 4 is 6.09 Å². The molecule has 45 heavy (non-hydrogen) atoms. The van der Waals surface area contributed by atoms with E-state index in [4.69, 9.17) is 18.9 Å². The number of fused-ring (bicyclic) bond motifs is 4. The number of aliphatic hydroxyl groups excluding tert-OH is 1. The smallest absolute Gasteiger partial charge is 0.410 e. The fourth-order valence-electron chi connectivity index (χ4n) is 13.6. The Hall–Kier alpha value is -0.930. The summed E-state index contributed by atoms with van der Waals surface area (Å²) in [6.07, 6.45) is 7.04. The molecule has 1 unspecified atom stereocenters. The lowest BCUT2D eigenvalue weighted by molar-refractivity contribution is -0.215. The zero-order valence-electron chi connectivity index (χ0n) is 29.3. The summed E-state index contributed by atoms with van der Waals surface area (Å²) in [6, 6.07) is 0. The topological polar surface area (TPSA) is 97.7 Å². The fraction of sp³-hybridized carbons (Fsp3) is 0.973. The van der Waals surface area contributed by atoms with E-state index in [9.17, 15) is 15.0 Å². The summed E-state index contributed by atoms with van der Waals surface area (Å²) in [5, 5.41) is 23.6. The van der Waals surface area contributed by atoms with Crippen molar-refractivity contribution in [2.75, 3.05) is 32.9 Å². The summed E-state index contributed by atoms with van der Waals surface area (Å²) < 4.78 is 24.8. The minimum atomic E-state index is -1.03. The standard InChI is InChI=1S/C37H61NO7/c1-9-43-30(33(5,6)41)23-20-22(2)27-28(44-23)29(39)35(8)25-11-10-24-32(3,4)26(45-31(40)38-16-18-42-19-17-38)12-13-36(24)21-37(25,36)15-14-34(27,35)7/h22-30,39,41H,9-21H2,1-8H3/t22-,23-,24?,25+,26+,27+,28+,29+,30+,34-,35-,36-,37+/m1/s1. The normalized spacial score (nSPS) is 50.8. The van der Waals surface area contributed by atoms with Crippen molar-refractivity contribution in [2.45, 2.75) is 143 Å². The highest BCUT2D eigenvalue weighted by Gasteiger charge is 2.84. The van der Waals surface area contributed by atoms with Gasteiger partial charge in [0.2, 0.25) is 0 Å². The first-order valence-electron chi connectivity index (χ1n) is 18.3. The molecule has 0 aromatic carbocycles. The Morgan fingerprint density at radius 3 is 2.36 bits per heavy atom.